The van der Waals surface area contributed by atoms with Crippen LogP contribution in [0.5, 0.6) is 0 Å². The molecule has 0 aromatic heterocycles. The van der Waals surface area contributed by atoms with Crippen LogP contribution in [0.25, 0.3) is 0 Å². The number of nitrogens with zero attached hydrogens (tertiary/aromatic N) is 1. The predicted octanol–water partition coefficient (Wildman–Crippen LogP) is 1.83. The van der Waals surface area contributed by atoms with Gasteiger partial charge in [-0.1, -0.05) is 24.3 Å². The topological polar surface area (TPSA) is 26.0 Å². The van der Waals surface area contributed by atoms with E-state index in [2.05, 4.69) is 38.4 Å². The first-order valence-corrected chi connectivity index (χ1v) is 6.69. The third-order valence-corrected chi connectivity index (χ3v) is 3.88. The molecule has 2 rings (SSSR count). The third kappa shape index (κ3) is 3.55. The summed E-state index contributed by atoms with van der Waals surface area (Å²) in [5.74, 6) is 0.866. The van der Waals surface area contributed by atoms with Crippen LogP contribution in [0.15, 0.2) is 24.3 Å². The van der Waals surface area contributed by atoms with E-state index in [0.29, 0.717) is 0 Å². The van der Waals surface area contributed by atoms with Crippen LogP contribution in [0.3, 0.4) is 0 Å². The largest absolute Gasteiger partial charge is 0.330 e. The Morgan fingerprint density at radius 1 is 1.18 bits per heavy atom. The monoisotopic (exact) mass is 233 g/mol. The summed E-state index contributed by atoms with van der Waals surface area (Å²) in [5.41, 5.74) is 8.40. The van der Waals surface area contributed by atoms with Gasteiger partial charge in [0.25, 0.3) is 0 Å². The fraction of sp³-hybridized carbons (Fsp3) is 0.600. The summed E-state index contributed by atoms with van der Waals surface area (Å²) in [6.07, 6.45) is 3.61. The standard InChI is InChI=1S/C15H25N2/c1-17(2)10-8-15(12-17)11-14-5-3-13(4-6-14)7-9-16/h3-6,15H,7-12,16H2,1-2H3/q+1/t15-/m1/s1. The molecular weight excluding hydrogens is 208 g/mol. The number of quaternary nitrogens is 1. The highest BCUT2D eigenvalue weighted by Crippen LogP contribution is 2.24. The summed E-state index contributed by atoms with van der Waals surface area (Å²) in [5, 5.41) is 0. The van der Waals surface area contributed by atoms with Gasteiger partial charge in [0.05, 0.1) is 27.2 Å². The zero-order valence-electron chi connectivity index (χ0n) is 11.2. The van der Waals surface area contributed by atoms with E-state index >= 15 is 0 Å². The minimum atomic E-state index is 0.744. The van der Waals surface area contributed by atoms with Crippen LogP contribution in [0.4, 0.5) is 0 Å². The number of nitrogens with two attached hydrogens (primary N) is 1. The van der Waals surface area contributed by atoms with Crippen molar-refractivity contribution in [1.29, 1.82) is 0 Å². The highest BCUT2D eigenvalue weighted by molar-refractivity contribution is 5.23. The van der Waals surface area contributed by atoms with Crippen molar-refractivity contribution < 1.29 is 4.48 Å². The van der Waals surface area contributed by atoms with Crippen LogP contribution in [0.1, 0.15) is 17.5 Å². The van der Waals surface area contributed by atoms with E-state index in [1.54, 1.807) is 0 Å². The second-order valence-corrected chi connectivity index (χ2v) is 6.06. The summed E-state index contributed by atoms with van der Waals surface area (Å²) >= 11 is 0. The van der Waals surface area contributed by atoms with Crippen LogP contribution in [0, 0.1) is 5.92 Å². The van der Waals surface area contributed by atoms with Crippen LogP contribution in [-0.4, -0.2) is 38.2 Å². The van der Waals surface area contributed by atoms with E-state index in [1.807, 2.05) is 0 Å². The Labute approximate surface area is 105 Å². The van der Waals surface area contributed by atoms with Gasteiger partial charge in [-0.15, -0.1) is 0 Å². The minimum Gasteiger partial charge on any atom is -0.330 e. The van der Waals surface area contributed by atoms with E-state index in [9.17, 15) is 0 Å². The molecule has 0 bridgehead atoms. The van der Waals surface area contributed by atoms with Crippen molar-refractivity contribution in [1.82, 2.24) is 0 Å². The van der Waals surface area contributed by atoms with Crippen LogP contribution < -0.4 is 5.73 Å². The molecule has 0 aliphatic carbocycles. The number of rotatable bonds is 4. The van der Waals surface area contributed by atoms with Gasteiger partial charge in [-0.3, -0.25) is 0 Å². The lowest BCUT2D eigenvalue weighted by atomic mass is 9.97. The number of likely N-dealkylation sites (tertiary alicyclic amines) is 1. The maximum atomic E-state index is 5.56. The molecule has 1 atom stereocenters. The van der Waals surface area contributed by atoms with E-state index in [-0.39, 0.29) is 0 Å². The Morgan fingerprint density at radius 2 is 1.82 bits per heavy atom. The molecule has 2 nitrogen and oxygen atoms in total. The fourth-order valence-corrected chi connectivity index (χ4v) is 2.92. The zero-order chi connectivity index (χ0) is 12.3. The van der Waals surface area contributed by atoms with Gasteiger partial charge in [-0.25, -0.2) is 0 Å². The first-order valence-electron chi connectivity index (χ1n) is 6.69. The van der Waals surface area contributed by atoms with Gasteiger partial charge in [0.1, 0.15) is 0 Å². The summed E-state index contributed by atoms with van der Waals surface area (Å²) < 4.78 is 1.19. The molecule has 0 unspecified atom stereocenters. The molecule has 1 aromatic carbocycles. The second kappa shape index (κ2) is 5.19. The van der Waals surface area contributed by atoms with Gasteiger partial charge in [0.2, 0.25) is 0 Å². The molecular formula is C15H25N2+. The molecule has 2 heteroatoms. The first-order chi connectivity index (χ1) is 8.09. The van der Waals surface area contributed by atoms with Crippen molar-refractivity contribution in [3.05, 3.63) is 35.4 Å². The summed E-state index contributed by atoms with van der Waals surface area (Å²) in [7, 11) is 4.68. The molecule has 1 aliphatic heterocycles. The van der Waals surface area contributed by atoms with Crippen molar-refractivity contribution >= 4 is 0 Å². The van der Waals surface area contributed by atoms with Crippen LogP contribution in [-0.2, 0) is 12.8 Å². The molecule has 0 radical (unpaired) electrons. The fourth-order valence-electron chi connectivity index (χ4n) is 2.92. The number of hydrogen-bond acceptors (Lipinski definition) is 1. The molecule has 1 fully saturated rings. The Balaban J connectivity index is 1.91. The van der Waals surface area contributed by atoms with Crippen molar-refractivity contribution in [2.75, 3.05) is 33.7 Å². The highest BCUT2D eigenvalue weighted by atomic mass is 15.3. The van der Waals surface area contributed by atoms with E-state index in [1.165, 1.54) is 41.5 Å². The quantitative estimate of drug-likeness (QED) is 0.789. The van der Waals surface area contributed by atoms with Crippen molar-refractivity contribution in [3.8, 4) is 0 Å². The Morgan fingerprint density at radius 3 is 2.35 bits per heavy atom. The molecule has 0 amide bonds. The lowest BCUT2D eigenvalue weighted by Gasteiger charge is -2.23. The van der Waals surface area contributed by atoms with Crippen molar-refractivity contribution in [2.24, 2.45) is 11.7 Å². The van der Waals surface area contributed by atoms with Crippen LogP contribution in [0.2, 0.25) is 0 Å². The summed E-state index contributed by atoms with van der Waals surface area (Å²) in [6, 6.07) is 9.03. The van der Waals surface area contributed by atoms with E-state index in [0.717, 1.165) is 18.9 Å². The molecule has 1 aromatic rings. The highest BCUT2D eigenvalue weighted by Gasteiger charge is 2.30. The number of benzene rings is 1. The molecule has 1 heterocycles. The predicted molar refractivity (Wildman–Crippen MR) is 72.9 cm³/mol. The van der Waals surface area contributed by atoms with Gasteiger partial charge >= 0.3 is 0 Å². The van der Waals surface area contributed by atoms with Gasteiger partial charge < -0.3 is 10.2 Å². The van der Waals surface area contributed by atoms with E-state index in [4.69, 9.17) is 5.73 Å². The zero-order valence-corrected chi connectivity index (χ0v) is 11.2. The van der Waals surface area contributed by atoms with E-state index < -0.39 is 0 Å². The Kier molecular flexibility index (Phi) is 3.85. The molecule has 0 saturated carbocycles. The maximum Gasteiger partial charge on any atom is 0.0816 e. The average Bonchev–Trinajstić information content (AvgIpc) is 2.61. The normalized spacial score (nSPS) is 22.9. The Hall–Kier alpha value is -0.860. The van der Waals surface area contributed by atoms with Gasteiger partial charge in [-0.05, 0) is 30.5 Å². The van der Waals surface area contributed by atoms with Crippen molar-refractivity contribution in [2.45, 2.75) is 19.3 Å². The SMILES string of the molecule is C[N+]1(C)CC[C@H](Cc2ccc(CCN)cc2)C1. The van der Waals surface area contributed by atoms with Crippen molar-refractivity contribution in [3.63, 3.8) is 0 Å². The third-order valence-electron chi connectivity index (χ3n) is 3.88. The molecule has 1 saturated heterocycles. The van der Waals surface area contributed by atoms with Gasteiger partial charge in [0.15, 0.2) is 0 Å². The summed E-state index contributed by atoms with van der Waals surface area (Å²) in [6.45, 7) is 3.40. The molecule has 2 N–H and O–H groups in total. The smallest absolute Gasteiger partial charge is 0.0816 e. The summed E-state index contributed by atoms with van der Waals surface area (Å²) in [4.78, 5) is 0. The van der Waals surface area contributed by atoms with Crippen LogP contribution >= 0.6 is 0 Å². The maximum absolute atomic E-state index is 5.56. The number of hydrogen-bond donors (Lipinski definition) is 1. The minimum absolute atomic E-state index is 0.744. The molecule has 0 spiro atoms. The molecule has 1 aliphatic rings. The second-order valence-electron chi connectivity index (χ2n) is 6.06. The average molecular weight is 233 g/mol. The Bertz CT molecular complexity index is 354. The molecule has 17 heavy (non-hydrogen) atoms. The van der Waals surface area contributed by atoms with Gasteiger partial charge in [-0.2, -0.15) is 0 Å². The van der Waals surface area contributed by atoms with Gasteiger partial charge in [0, 0.05) is 12.3 Å². The lowest BCUT2D eigenvalue weighted by molar-refractivity contribution is -0.879. The first kappa shape index (κ1) is 12.6. The molecule has 94 valence electrons. The lowest BCUT2D eigenvalue weighted by Crippen LogP contribution is -2.36.